The second-order valence-electron chi connectivity index (χ2n) is 3.77. The molecular formula is C13H10N2OS. The molecule has 0 spiro atoms. The van der Waals surface area contributed by atoms with E-state index >= 15 is 0 Å². The zero-order chi connectivity index (χ0) is 11.7. The van der Waals surface area contributed by atoms with Crippen LogP contribution in [0.4, 0.5) is 0 Å². The Labute approximate surface area is 102 Å². The van der Waals surface area contributed by atoms with Gasteiger partial charge in [0.2, 0.25) is 0 Å². The predicted molar refractivity (Wildman–Crippen MR) is 67.9 cm³/mol. The molecule has 0 bridgehead atoms. The van der Waals surface area contributed by atoms with Crippen LogP contribution in [0.2, 0.25) is 0 Å². The highest BCUT2D eigenvalue weighted by atomic mass is 32.1. The zero-order valence-corrected chi connectivity index (χ0v) is 9.76. The molecule has 2 heterocycles. The number of benzene rings is 1. The Balaban J connectivity index is 2.17. The summed E-state index contributed by atoms with van der Waals surface area (Å²) in [5, 5.41) is 14.2. The van der Waals surface area contributed by atoms with E-state index in [0.717, 1.165) is 16.3 Å². The van der Waals surface area contributed by atoms with Gasteiger partial charge < -0.3 is 5.11 Å². The summed E-state index contributed by atoms with van der Waals surface area (Å²) >= 11 is 1.48. The first-order valence-electron chi connectivity index (χ1n) is 5.25. The molecule has 4 heteroatoms. The van der Waals surface area contributed by atoms with Crippen LogP contribution in [0.15, 0.2) is 47.5 Å². The van der Waals surface area contributed by atoms with Crippen molar-refractivity contribution in [3.05, 3.63) is 58.8 Å². The van der Waals surface area contributed by atoms with E-state index in [9.17, 15) is 5.11 Å². The third-order valence-electron chi connectivity index (χ3n) is 2.73. The number of aromatic nitrogens is 2. The van der Waals surface area contributed by atoms with E-state index < -0.39 is 6.10 Å². The fraction of sp³-hybridized carbons (Fsp3) is 0.0769. The Morgan fingerprint density at radius 3 is 2.88 bits per heavy atom. The largest absolute Gasteiger partial charge is 0.382 e. The lowest BCUT2D eigenvalue weighted by Gasteiger charge is -2.10. The van der Waals surface area contributed by atoms with Gasteiger partial charge in [0.05, 0.1) is 11.2 Å². The Kier molecular flexibility index (Phi) is 2.59. The Hall–Kier alpha value is -1.78. The molecule has 1 aromatic carbocycles. The van der Waals surface area contributed by atoms with Crippen molar-refractivity contribution >= 4 is 22.1 Å². The lowest BCUT2D eigenvalue weighted by Crippen LogP contribution is -2.01. The number of fused-ring (bicyclic) bond motifs is 1. The van der Waals surface area contributed by atoms with E-state index in [1.807, 2.05) is 29.6 Å². The molecule has 3 nitrogen and oxygen atoms in total. The van der Waals surface area contributed by atoms with Gasteiger partial charge in [0, 0.05) is 28.7 Å². The second-order valence-corrected chi connectivity index (χ2v) is 4.48. The smallest absolute Gasteiger partial charge is 0.124 e. The lowest BCUT2D eigenvalue weighted by molar-refractivity contribution is 0.217. The third kappa shape index (κ3) is 1.81. The fourth-order valence-electron chi connectivity index (χ4n) is 1.87. The molecule has 0 saturated carbocycles. The first kappa shape index (κ1) is 10.4. The van der Waals surface area contributed by atoms with E-state index in [1.165, 1.54) is 11.3 Å². The molecule has 1 unspecified atom stereocenters. The molecule has 2 aromatic heterocycles. The fourth-order valence-corrected chi connectivity index (χ4v) is 2.45. The molecule has 1 N–H and O–H groups in total. The van der Waals surface area contributed by atoms with Gasteiger partial charge in [-0.25, -0.2) is 4.98 Å². The number of nitrogens with zero attached hydrogens (tertiary/aromatic N) is 2. The molecule has 0 amide bonds. The van der Waals surface area contributed by atoms with Crippen LogP contribution < -0.4 is 0 Å². The molecule has 17 heavy (non-hydrogen) atoms. The van der Waals surface area contributed by atoms with Crippen molar-refractivity contribution in [1.82, 2.24) is 9.97 Å². The first-order valence-corrected chi connectivity index (χ1v) is 6.19. The number of aliphatic hydroxyl groups excluding tert-OH is 1. The van der Waals surface area contributed by atoms with Crippen LogP contribution in [0.1, 0.15) is 17.4 Å². The van der Waals surface area contributed by atoms with Crippen LogP contribution in [-0.2, 0) is 0 Å². The summed E-state index contributed by atoms with van der Waals surface area (Å²) < 4.78 is 0. The molecule has 3 aromatic rings. The van der Waals surface area contributed by atoms with Crippen molar-refractivity contribution in [3.8, 4) is 0 Å². The topological polar surface area (TPSA) is 46.0 Å². The summed E-state index contributed by atoms with van der Waals surface area (Å²) in [6.45, 7) is 0. The maximum absolute atomic E-state index is 10.3. The summed E-state index contributed by atoms with van der Waals surface area (Å²) in [6.07, 6.45) is 2.79. The van der Waals surface area contributed by atoms with E-state index in [1.54, 1.807) is 17.9 Å². The molecule has 0 fully saturated rings. The van der Waals surface area contributed by atoms with Crippen LogP contribution in [0.3, 0.4) is 0 Å². The standard InChI is InChI=1S/C13H10N2OS/c16-13(12-7-17-8-15-12)11-6-14-5-9-3-1-2-4-10(9)11/h1-8,13,16H. The van der Waals surface area contributed by atoms with Crippen molar-refractivity contribution in [2.24, 2.45) is 0 Å². The van der Waals surface area contributed by atoms with Crippen molar-refractivity contribution in [2.45, 2.75) is 6.10 Å². The SMILES string of the molecule is OC(c1cscn1)c1cncc2ccccc12. The van der Waals surface area contributed by atoms with Crippen molar-refractivity contribution in [1.29, 1.82) is 0 Å². The summed E-state index contributed by atoms with van der Waals surface area (Å²) in [4.78, 5) is 8.30. The summed E-state index contributed by atoms with van der Waals surface area (Å²) in [5.74, 6) is 0. The molecule has 3 rings (SSSR count). The summed E-state index contributed by atoms with van der Waals surface area (Å²) in [7, 11) is 0. The van der Waals surface area contributed by atoms with Gasteiger partial charge in [-0.3, -0.25) is 4.98 Å². The average Bonchev–Trinajstić information content (AvgIpc) is 2.91. The average molecular weight is 242 g/mol. The quantitative estimate of drug-likeness (QED) is 0.751. The van der Waals surface area contributed by atoms with Gasteiger partial charge in [-0.1, -0.05) is 24.3 Å². The highest BCUT2D eigenvalue weighted by molar-refractivity contribution is 7.07. The van der Waals surface area contributed by atoms with Crippen LogP contribution in [0.25, 0.3) is 10.8 Å². The van der Waals surface area contributed by atoms with Crippen LogP contribution >= 0.6 is 11.3 Å². The monoisotopic (exact) mass is 242 g/mol. The number of pyridine rings is 1. The minimum atomic E-state index is -0.708. The molecule has 0 aliphatic carbocycles. The van der Waals surface area contributed by atoms with Gasteiger partial charge >= 0.3 is 0 Å². The van der Waals surface area contributed by atoms with Crippen molar-refractivity contribution in [2.75, 3.05) is 0 Å². The van der Waals surface area contributed by atoms with Gasteiger partial charge in [-0.05, 0) is 5.39 Å². The van der Waals surface area contributed by atoms with E-state index in [-0.39, 0.29) is 0 Å². The molecule has 0 saturated heterocycles. The van der Waals surface area contributed by atoms with Gasteiger partial charge in [0.25, 0.3) is 0 Å². The number of aliphatic hydroxyl groups is 1. The van der Waals surface area contributed by atoms with E-state index in [2.05, 4.69) is 9.97 Å². The van der Waals surface area contributed by atoms with Crippen LogP contribution in [0, 0.1) is 0 Å². The molecule has 0 aliphatic heterocycles. The first-order chi connectivity index (χ1) is 8.36. The van der Waals surface area contributed by atoms with Gasteiger partial charge in [0.1, 0.15) is 6.10 Å². The van der Waals surface area contributed by atoms with Crippen LogP contribution in [0.5, 0.6) is 0 Å². The number of hydrogen-bond acceptors (Lipinski definition) is 4. The second kappa shape index (κ2) is 4.24. The third-order valence-corrected chi connectivity index (χ3v) is 3.33. The highest BCUT2D eigenvalue weighted by Crippen LogP contribution is 2.27. The minimum absolute atomic E-state index is 0.674. The Morgan fingerprint density at radius 2 is 2.06 bits per heavy atom. The maximum Gasteiger partial charge on any atom is 0.124 e. The molecule has 84 valence electrons. The molecule has 0 radical (unpaired) electrons. The Bertz CT molecular complexity index is 631. The molecular weight excluding hydrogens is 232 g/mol. The molecule has 0 aliphatic rings. The normalized spacial score (nSPS) is 12.8. The highest BCUT2D eigenvalue weighted by Gasteiger charge is 2.15. The predicted octanol–water partition coefficient (Wildman–Crippen LogP) is 2.77. The number of hydrogen-bond donors (Lipinski definition) is 1. The number of rotatable bonds is 2. The van der Waals surface area contributed by atoms with Crippen molar-refractivity contribution in [3.63, 3.8) is 0 Å². The van der Waals surface area contributed by atoms with Crippen LogP contribution in [-0.4, -0.2) is 15.1 Å². The number of thiazole rings is 1. The summed E-state index contributed by atoms with van der Waals surface area (Å²) in [5.41, 5.74) is 3.19. The van der Waals surface area contributed by atoms with E-state index in [4.69, 9.17) is 0 Å². The van der Waals surface area contributed by atoms with E-state index in [0.29, 0.717) is 5.69 Å². The zero-order valence-electron chi connectivity index (χ0n) is 8.95. The van der Waals surface area contributed by atoms with Crippen molar-refractivity contribution < 1.29 is 5.11 Å². The van der Waals surface area contributed by atoms with Gasteiger partial charge in [-0.2, -0.15) is 0 Å². The molecule has 1 atom stereocenters. The Morgan fingerprint density at radius 1 is 1.18 bits per heavy atom. The van der Waals surface area contributed by atoms with Gasteiger partial charge in [0.15, 0.2) is 0 Å². The van der Waals surface area contributed by atoms with Gasteiger partial charge in [-0.15, -0.1) is 11.3 Å². The minimum Gasteiger partial charge on any atom is -0.382 e. The summed E-state index contributed by atoms with van der Waals surface area (Å²) in [6, 6.07) is 7.89. The lowest BCUT2D eigenvalue weighted by atomic mass is 10.0. The maximum atomic E-state index is 10.3.